The highest BCUT2D eigenvalue weighted by molar-refractivity contribution is 7.89. The van der Waals surface area contributed by atoms with Gasteiger partial charge in [0.25, 0.3) is 5.91 Å². The number of hydrogen-bond donors (Lipinski definition) is 1. The Hall–Kier alpha value is -2.82. The second-order valence-electron chi connectivity index (χ2n) is 8.41. The molecule has 2 aromatic rings. The smallest absolute Gasteiger partial charge is 0.269 e. The summed E-state index contributed by atoms with van der Waals surface area (Å²) in [4.78, 5) is 17.7. The van der Waals surface area contributed by atoms with Crippen LogP contribution in [0.15, 0.2) is 47.4 Å². The fraction of sp³-hybridized carbons (Fsp3) is 0.458. The van der Waals surface area contributed by atoms with Crippen LogP contribution in [-0.4, -0.2) is 82.6 Å². The molecule has 2 aliphatic rings. The first-order valence-electron chi connectivity index (χ1n) is 11.6. The van der Waals surface area contributed by atoms with E-state index in [2.05, 4.69) is 22.2 Å². The van der Waals surface area contributed by atoms with Gasteiger partial charge >= 0.3 is 0 Å². The number of likely N-dealkylation sites (N-methyl/N-ethyl adjacent to an activating group) is 1. The zero-order valence-electron chi connectivity index (χ0n) is 19.9. The van der Waals surface area contributed by atoms with Gasteiger partial charge in [-0.15, -0.1) is 0 Å². The number of nitrogens with one attached hydrogen (secondary N) is 1. The number of hydrogen-bond acceptors (Lipinski definition) is 7. The Labute approximate surface area is 201 Å². The number of ether oxygens (including phenoxy) is 2. The fourth-order valence-corrected chi connectivity index (χ4v) is 5.66. The van der Waals surface area contributed by atoms with Crippen molar-refractivity contribution in [2.75, 3.05) is 63.1 Å². The molecular formula is C24H32N4O5S. The van der Waals surface area contributed by atoms with Gasteiger partial charge in [0.2, 0.25) is 16.1 Å². The zero-order chi connectivity index (χ0) is 24.3. The molecule has 9 nitrogen and oxygen atoms in total. The van der Waals surface area contributed by atoms with E-state index in [9.17, 15) is 13.2 Å². The summed E-state index contributed by atoms with van der Waals surface area (Å²) in [6, 6.07) is 12.1. The number of anilines is 2. The molecule has 0 spiro atoms. The van der Waals surface area contributed by atoms with Crippen LogP contribution in [0.2, 0.25) is 0 Å². The monoisotopic (exact) mass is 488 g/mol. The van der Waals surface area contributed by atoms with Crippen molar-refractivity contribution in [1.82, 2.24) is 9.21 Å². The molecule has 34 heavy (non-hydrogen) atoms. The van der Waals surface area contributed by atoms with E-state index in [4.69, 9.17) is 9.47 Å². The number of para-hydroxylation sites is 2. The number of rotatable bonds is 7. The maximum absolute atomic E-state index is 13.2. The summed E-state index contributed by atoms with van der Waals surface area (Å²) in [6.45, 7) is 7.73. The average molecular weight is 489 g/mol. The molecule has 0 aromatic heterocycles. The van der Waals surface area contributed by atoms with Crippen molar-refractivity contribution in [3.63, 3.8) is 0 Å². The highest BCUT2D eigenvalue weighted by Gasteiger charge is 2.30. The molecule has 0 aliphatic carbocycles. The minimum atomic E-state index is -3.68. The molecule has 1 fully saturated rings. The average Bonchev–Trinajstić information content (AvgIpc) is 2.85. The van der Waals surface area contributed by atoms with E-state index in [1.165, 1.54) is 4.31 Å². The summed E-state index contributed by atoms with van der Waals surface area (Å²) in [5, 5.41) is 2.92. The van der Waals surface area contributed by atoms with E-state index in [1.807, 2.05) is 12.1 Å². The Morgan fingerprint density at radius 1 is 1.06 bits per heavy atom. The zero-order valence-corrected chi connectivity index (χ0v) is 20.7. The lowest BCUT2D eigenvalue weighted by Crippen LogP contribution is -2.45. The first-order valence-corrected chi connectivity index (χ1v) is 13.0. The van der Waals surface area contributed by atoms with Crippen LogP contribution in [0.3, 0.4) is 0 Å². The van der Waals surface area contributed by atoms with Crippen LogP contribution in [0.5, 0.6) is 11.5 Å². The lowest BCUT2D eigenvalue weighted by molar-refractivity contribution is -0.125. The third-order valence-corrected chi connectivity index (χ3v) is 8.26. The first-order chi connectivity index (χ1) is 16.3. The largest absolute Gasteiger partial charge is 0.485 e. The van der Waals surface area contributed by atoms with Crippen molar-refractivity contribution in [2.24, 2.45) is 0 Å². The van der Waals surface area contributed by atoms with Crippen LogP contribution in [0.4, 0.5) is 11.4 Å². The van der Waals surface area contributed by atoms with Crippen molar-refractivity contribution < 1.29 is 22.7 Å². The van der Waals surface area contributed by atoms with E-state index in [0.717, 1.165) is 31.9 Å². The van der Waals surface area contributed by atoms with Gasteiger partial charge in [-0.1, -0.05) is 26.0 Å². The second kappa shape index (κ2) is 10.2. The topological polar surface area (TPSA) is 91.4 Å². The van der Waals surface area contributed by atoms with Gasteiger partial charge in [-0.2, -0.15) is 4.31 Å². The molecular weight excluding hydrogens is 456 g/mol. The van der Waals surface area contributed by atoms with Crippen LogP contribution < -0.4 is 19.7 Å². The molecule has 2 aliphatic heterocycles. The summed E-state index contributed by atoms with van der Waals surface area (Å²) in [5.41, 5.74) is 1.24. The molecule has 184 valence electrons. The number of amides is 1. The summed E-state index contributed by atoms with van der Waals surface area (Å²) >= 11 is 0. The molecule has 2 aromatic carbocycles. The fourth-order valence-electron chi connectivity index (χ4n) is 4.17. The van der Waals surface area contributed by atoms with E-state index in [1.54, 1.807) is 44.2 Å². The molecule has 2 heterocycles. The number of benzene rings is 2. The van der Waals surface area contributed by atoms with E-state index in [0.29, 0.717) is 30.3 Å². The molecule has 1 saturated heterocycles. The minimum Gasteiger partial charge on any atom is -0.485 e. The number of carbonyl (C=O) groups excluding carboxylic acids is 1. The summed E-state index contributed by atoms with van der Waals surface area (Å²) in [6.07, 6.45) is -0.849. The number of piperazine rings is 1. The van der Waals surface area contributed by atoms with E-state index >= 15 is 0 Å². The van der Waals surface area contributed by atoms with Gasteiger partial charge < -0.3 is 24.6 Å². The lowest BCUT2D eigenvalue weighted by Gasteiger charge is -2.35. The van der Waals surface area contributed by atoms with Gasteiger partial charge in [-0.25, -0.2) is 8.42 Å². The predicted octanol–water partition coefficient (Wildman–Crippen LogP) is 2.25. The van der Waals surface area contributed by atoms with Gasteiger partial charge in [0.1, 0.15) is 6.61 Å². The van der Waals surface area contributed by atoms with Crippen LogP contribution in [-0.2, 0) is 14.8 Å². The highest BCUT2D eigenvalue weighted by Crippen LogP contribution is 2.33. The van der Waals surface area contributed by atoms with Gasteiger partial charge in [-0.3, -0.25) is 4.79 Å². The van der Waals surface area contributed by atoms with Crippen molar-refractivity contribution >= 4 is 27.3 Å². The van der Waals surface area contributed by atoms with E-state index < -0.39 is 16.1 Å². The molecule has 1 amide bonds. The number of carbonyl (C=O) groups is 1. The SMILES string of the molecule is CCN(CC)S(=O)(=O)c1ccc(N2CCN(C)CC2)c(NC(=O)C2COc3ccccc3O2)c1. The predicted molar refractivity (Wildman–Crippen MR) is 131 cm³/mol. The normalized spacial score (nSPS) is 18.7. The van der Waals surface area contributed by atoms with E-state index in [-0.39, 0.29) is 17.4 Å². The molecule has 1 unspecified atom stereocenters. The third kappa shape index (κ3) is 4.98. The van der Waals surface area contributed by atoms with Crippen molar-refractivity contribution in [3.05, 3.63) is 42.5 Å². The van der Waals surface area contributed by atoms with Gasteiger partial charge in [0.15, 0.2) is 11.5 Å². The van der Waals surface area contributed by atoms with Crippen LogP contribution in [0, 0.1) is 0 Å². The van der Waals surface area contributed by atoms with Gasteiger partial charge in [-0.05, 0) is 37.4 Å². The molecule has 1 N–H and O–H groups in total. The highest BCUT2D eigenvalue weighted by atomic mass is 32.2. The minimum absolute atomic E-state index is 0.0735. The number of fused-ring (bicyclic) bond motifs is 1. The maximum Gasteiger partial charge on any atom is 0.269 e. The van der Waals surface area contributed by atoms with Crippen LogP contribution in [0.25, 0.3) is 0 Å². The third-order valence-electron chi connectivity index (χ3n) is 6.21. The van der Waals surface area contributed by atoms with Crippen molar-refractivity contribution in [1.29, 1.82) is 0 Å². The maximum atomic E-state index is 13.2. The van der Waals surface area contributed by atoms with Gasteiger partial charge in [0.05, 0.1) is 16.3 Å². The Morgan fingerprint density at radius 3 is 2.41 bits per heavy atom. The van der Waals surface area contributed by atoms with Gasteiger partial charge in [0, 0.05) is 39.3 Å². The lowest BCUT2D eigenvalue weighted by atomic mass is 10.2. The summed E-state index contributed by atoms with van der Waals surface area (Å²) in [5.74, 6) is 0.713. The Morgan fingerprint density at radius 2 is 1.74 bits per heavy atom. The molecule has 10 heteroatoms. The quantitative estimate of drug-likeness (QED) is 0.639. The van der Waals surface area contributed by atoms with Crippen LogP contribution in [0.1, 0.15) is 13.8 Å². The summed E-state index contributed by atoms with van der Waals surface area (Å²) in [7, 11) is -1.61. The first kappa shape index (κ1) is 24.3. The number of sulfonamides is 1. The molecule has 0 radical (unpaired) electrons. The molecule has 0 saturated carbocycles. The Bertz CT molecular complexity index is 1130. The Kier molecular flexibility index (Phi) is 7.30. The van der Waals surface area contributed by atoms with Crippen molar-refractivity contribution in [2.45, 2.75) is 24.8 Å². The summed E-state index contributed by atoms with van der Waals surface area (Å²) < 4.78 is 39.2. The Balaban J connectivity index is 1.63. The van der Waals surface area contributed by atoms with Crippen LogP contribution >= 0.6 is 0 Å². The molecule has 4 rings (SSSR count). The number of nitrogens with zero attached hydrogens (tertiary/aromatic N) is 3. The second-order valence-corrected chi connectivity index (χ2v) is 10.4. The standard InChI is InChI=1S/C24H32N4O5S/c1-4-28(5-2)34(30,31)18-10-11-20(27-14-12-26(3)13-15-27)19(16-18)25-24(29)23-17-32-21-8-6-7-9-22(21)33-23/h6-11,16,23H,4-5,12-15,17H2,1-3H3,(H,25,29). The van der Waals surface area contributed by atoms with Crippen molar-refractivity contribution in [3.8, 4) is 11.5 Å². The molecule has 1 atom stereocenters. The molecule has 0 bridgehead atoms.